The van der Waals surface area contributed by atoms with Crippen molar-refractivity contribution in [3.8, 4) is 0 Å². The fraction of sp³-hybridized carbons (Fsp3) is 0.200. The van der Waals surface area contributed by atoms with Gasteiger partial charge in [0.05, 0.1) is 38.4 Å². The number of nitrogens with zero attached hydrogens (tertiary/aromatic N) is 1. The van der Waals surface area contributed by atoms with Gasteiger partial charge in [0.1, 0.15) is 0 Å². The van der Waals surface area contributed by atoms with Gasteiger partial charge in [-0.05, 0) is 49.2 Å². The van der Waals surface area contributed by atoms with Gasteiger partial charge in [-0.2, -0.15) is 0 Å². The van der Waals surface area contributed by atoms with Crippen molar-refractivity contribution in [1.82, 2.24) is 5.32 Å². The summed E-state index contributed by atoms with van der Waals surface area (Å²) in [6.07, 6.45) is 0.814. The molecule has 0 unspecified atom stereocenters. The first-order chi connectivity index (χ1) is 15.0. The number of benzene rings is 3. The Morgan fingerprint density at radius 1 is 1.00 bits per heavy atom. The van der Waals surface area contributed by atoms with Gasteiger partial charge in [-0.25, -0.2) is 4.21 Å². The average molecular weight is 433 g/mol. The predicted octanol–water partition coefficient (Wildman–Crippen LogP) is 4.54. The quantitative estimate of drug-likeness (QED) is 0.644. The van der Waals surface area contributed by atoms with Crippen LogP contribution in [0.1, 0.15) is 46.5 Å². The van der Waals surface area contributed by atoms with E-state index >= 15 is 0 Å². The summed E-state index contributed by atoms with van der Waals surface area (Å²) >= 11 is 0. The molecule has 0 spiro atoms. The summed E-state index contributed by atoms with van der Waals surface area (Å²) in [6, 6.07) is 21.7. The number of amides is 2. The summed E-state index contributed by atoms with van der Waals surface area (Å²) in [6.45, 7) is 4.26. The van der Waals surface area contributed by atoms with Gasteiger partial charge in [0.25, 0.3) is 11.8 Å². The molecule has 1 heterocycles. The molecule has 1 aliphatic rings. The monoisotopic (exact) mass is 432 g/mol. The van der Waals surface area contributed by atoms with Crippen LogP contribution in [-0.4, -0.2) is 22.1 Å². The standard InChI is InChI=1S/C25H24N2O3S/c1-3-17(2)26-24(28)19-13-14-23-21(15-19)27(16-18-9-5-4-6-10-18)25(29)20-11-7-8-12-22(20)31(23)30/h4-15,17H,3,16H2,1-2H3,(H,26,28)/t17-,31+/m0/s1. The van der Waals surface area contributed by atoms with Gasteiger partial charge in [0.15, 0.2) is 0 Å². The van der Waals surface area contributed by atoms with E-state index in [4.69, 9.17) is 0 Å². The van der Waals surface area contributed by atoms with Crippen LogP contribution in [0.3, 0.4) is 0 Å². The third-order valence-corrected chi connectivity index (χ3v) is 6.95. The molecule has 4 rings (SSSR count). The lowest BCUT2D eigenvalue weighted by Crippen LogP contribution is -2.33. The zero-order valence-corrected chi connectivity index (χ0v) is 18.3. The van der Waals surface area contributed by atoms with E-state index in [9.17, 15) is 13.8 Å². The molecule has 0 aliphatic carbocycles. The number of fused-ring (bicyclic) bond motifs is 2. The molecule has 1 N–H and O–H groups in total. The number of nitrogens with one attached hydrogen (secondary N) is 1. The number of hydrogen-bond acceptors (Lipinski definition) is 3. The van der Waals surface area contributed by atoms with Crippen molar-refractivity contribution in [1.29, 1.82) is 0 Å². The Labute approximate surface area is 184 Å². The molecule has 5 nitrogen and oxygen atoms in total. The van der Waals surface area contributed by atoms with Crippen LogP contribution in [0.5, 0.6) is 0 Å². The number of rotatable bonds is 5. The van der Waals surface area contributed by atoms with Crippen LogP contribution in [0, 0.1) is 0 Å². The molecular weight excluding hydrogens is 408 g/mol. The van der Waals surface area contributed by atoms with Crippen molar-refractivity contribution in [2.45, 2.75) is 42.6 Å². The Bertz CT molecular complexity index is 1160. The summed E-state index contributed by atoms with van der Waals surface area (Å²) < 4.78 is 13.4. The smallest absolute Gasteiger partial charge is 0.259 e. The number of carbonyl (C=O) groups is 2. The van der Waals surface area contributed by atoms with Gasteiger partial charge < -0.3 is 10.2 Å². The lowest BCUT2D eigenvalue weighted by molar-refractivity contribution is 0.0936. The zero-order valence-electron chi connectivity index (χ0n) is 17.5. The zero-order chi connectivity index (χ0) is 22.0. The van der Waals surface area contributed by atoms with Crippen molar-refractivity contribution in [3.05, 3.63) is 89.5 Å². The van der Waals surface area contributed by atoms with Gasteiger partial charge in [-0.1, -0.05) is 49.4 Å². The highest BCUT2D eigenvalue weighted by Gasteiger charge is 2.31. The molecule has 3 aromatic rings. The molecule has 2 atom stereocenters. The Morgan fingerprint density at radius 3 is 2.45 bits per heavy atom. The van der Waals surface area contributed by atoms with Crippen molar-refractivity contribution in [3.63, 3.8) is 0 Å². The molecular formula is C25H24N2O3S. The lowest BCUT2D eigenvalue weighted by atomic mass is 10.1. The van der Waals surface area contributed by atoms with Crippen molar-refractivity contribution in [2.75, 3.05) is 4.90 Å². The van der Waals surface area contributed by atoms with E-state index in [0.717, 1.165) is 12.0 Å². The molecule has 2 amide bonds. The van der Waals surface area contributed by atoms with Crippen LogP contribution in [0.25, 0.3) is 0 Å². The molecule has 0 bridgehead atoms. The molecule has 6 heteroatoms. The maximum Gasteiger partial charge on any atom is 0.259 e. The van der Waals surface area contributed by atoms with Crippen molar-refractivity contribution in [2.24, 2.45) is 0 Å². The molecule has 1 aliphatic heterocycles. The first-order valence-corrected chi connectivity index (χ1v) is 11.5. The second kappa shape index (κ2) is 8.86. The third kappa shape index (κ3) is 4.16. The second-order valence-corrected chi connectivity index (χ2v) is 9.02. The lowest BCUT2D eigenvalue weighted by Gasteiger charge is -2.24. The van der Waals surface area contributed by atoms with Gasteiger partial charge in [0, 0.05) is 11.6 Å². The van der Waals surface area contributed by atoms with Crippen LogP contribution >= 0.6 is 0 Å². The van der Waals surface area contributed by atoms with Crippen LogP contribution in [-0.2, 0) is 17.3 Å². The Hall–Kier alpha value is -3.25. The Balaban J connectivity index is 1.84. The van der Waals surface area contributed by atoms with E-state index in [1.54, 1.807) is 47.4 Å². The molecule has 3 aromatic carbocycles. The molecule has 0 saturated heterocycles. The van der Waals surface area contributed by atoms with Crippen LogP contribution in [0.2, 0.25) is 0 Å². The Morgan fingerprint density at radius 2 is 1.71 bits per heavy atom. The largest absolute Gasteiger partial charge is 0.350 e. The van der Waals surface area contributed by atoms with E-state index < -0.39 is 10.8 Å². The fourth-order valence-corrected chi connectivity index (χ4v) is 4.88. The molecule has 158 valence electrons. The van der Waals surface area contributed by atoms with Gasteiger partial charge in [0.2, 0.25) is 0 Å². The van der Waals surface area contributed by atoms with Crippen LogP contribution < -0.4 is 10.2 Å². The van der Waals surface area contributed by atoms with E-state index in [-0.39, 0.29) is 17.9 Å². The first-order valence-electron chi connectivity index (χ1n) is 10.3. The van der Waals surface area contributed by atoms with E-state index in [2.05, 4.69) is 5.32 Å². The second-order valence-electron chi connectivity index (χ2n) is 7.61. The van der Waals surface area contributed by atoms with Gasteiger partial charge >= 0.3 is 0 Å². The van der Waals surface area contributed by atoms with Gasteiger partial charge in [-0.3, -0.25) is 9.59 Å². The van der Waals surface area contributed by atoms with E-state index in [1.165, 1.54) is 0 Å². The summed E-state index contributed by atoms with van der Waals surface area (Å²) in [5.41, 5.74) is 2.30. The summed E-state index contributed by atoms with van der Waals surface area (Å²) in [7, 11) is -1.53. The summed E-state index contributed by atoms with van der Waals surface area (Å²) in [5, 5.41) is 2.95. The average Bonchev–Trinajstić information content (AvgIpc) is 2.89. The molecule has 0 saturated carbocycles. The first kappa shape index (κ1) is 21.0. The minimum absolute atomic E-state index is 0.0340. The fourth-order valence-electron chi connectivity index (χ4n) is 3.54. The number of anilines is 1. The molecule has 31 heavy (non-hydrogen) atoms. The van der Waals surface area contributed by atoms with E-state index in [1.807, 2.05) is 44.2 Å². The number of carbonyl (C=O) groups excluding carboxylic acids is 2. The predicted molar refractivity (Wildman–Crippen MR) is 122 cm³/mol. The highest BCUT2D eigenvalue weighted by molar-refractivity contribution is 7.85. The SMILES string of the molecule is CC[C@H](C)NC(=O)c1ccc2c(c1)N(Cc1ccccc1)C(=O)c1ccccc1[S@]2=O. The summed E-state index contributed by atoms with van der Waals surface area (Å²) in [5.74, 6) is -0.442. The minimum Gasteiger partial charge on any atom is -0.350 e. The van der Waals surface area contributed by atoms with E-state index in [0.29, 0.717) is 33.2 Å². The highest BCUT2D eigenvalue weighted by Crippen LogP contribution is 2.36. The topological polar surface area (TPSA) is 66.5 Å². The van der Waals surface area contributed by atoms with Crippen LogP contribution in [0.15, 0.2) is 82.6 Å². The number of hydrogen-bond donors (Lipinski definition) is 1. The van der Waals surface area contributed by atoms with Crippen LogP contribution in [0.4, 0.5) is 5.69 Å². The van der Waals surface area contributed by atoms with Crippen molar-refractivity contribution >= 4 is 28.3 Å². The molecule has 0 aromatic heterocycles. The highest BCUT2D eigenvalue weighted by atomic mass is 32.2. The maximum atomic E-state index is 13.5. The molecule has 0 fully saturated rings. The maximum absolute atomic E-state index is 13.5. The van der Waals surface area contributed by atoms with Gasteiger partial charge in [-0.15, -0.1) is 0 Å². The normalized spacial score (nSPS) is 16.1. The molecule has 0 radical (unpaired) electrons. The Kier molecular flexibility index (Phi) is 6.00. The summed E-state index contributed by atoms with van der Waals surface area (Å²) in [4.78, 5) is 28.9. The minimum atomic E-state index is -1.53. The third-order valence-electron chi connectivity index (χ3n) is 5.45. The van der Waals surface area contributed by atoms with Crippen molar-refractivity contribution < 1.29 is 13.8 Å².